The summed E-state index contributed by atoms with van der Waals surface area (Å²) >= 11 is 0. The van der Waals surface area contributed by atoms with Gasteiger partial charge in [-0.2, -0.15) is 5.10 Å². The molecule has 0 radical (unpaired) electrons. The Bertz CT molecular complexity index is 809. The minimum absolute atomic E-state index is 0.192. The molecule has 3 aromatic rings. The normalized spacial score (nSPS) is 16.8. The summed E-state index contributed by atoms with van der Waals surface area (Å²) in [6.45, 7) is 4.47. The van der Waals surface area contributed by atoms with Gasteiger partial charge in [-0.25, -0.2) is 9.48 Å². The fourth-order valence-electron chi connectivity index (χ4n) is 2.84. The number of benzene rings is 2. The average Bonchev–Trinajstić information content (AvgIpc) is 3.21. The van der Waals surface area contributed by atoms with Crippen LogP contribution in [-0.2, 0) is 9.53 Å². The van der Waals surface area contributed by atoms with Gasteiger partial charge in [0, 0.05) is 17.4 Å². The number of hydrogen-bond acceptors (Lipinski definition) is 3. The number of rotatable bonds is 2. The lowest BCUT2D eigenvalue weighted by molar-refractivity contribution is -0.140. The molecule has 4 rings (SSSR count). The van der Waals surface area contributed by atoms with Crippen molar-refractivity contribution < 1.29 is 9.53 Å². The summed E-state index contributed by atoms with van der Waals surface area (Å²) < 4.78 is 6.90. The van der Waals surface area contributed by atoms with E-state index >= 15 is 0 Å². The molecule has 2 aromatic carbocycles. The zero-order valence-corrected chi connectivity index (χ0v) is 13.4. The van der Waals surface area contributed by atoms with Gasteiger partial charge in [-0.1, -0.05) is 62.4 Å². The third kappa shape index (κ3) is 2.72. The maximum Gasteiger partial charge on any atom is 0.331 e. The van der Waals surface area contributed by atoms with Gasteiger partial charge < -0.3 is 4.74 Å². The highest BCUT2D eigenvalue weighted by Crippen LogP contribution is 2.32. The lowest BCUT2D eigenvalue weighted by Gasteiger charge is -2.07. The number of hydrogen-bond donors (Lipinski definition) is 0. The molecule has 0 bridgehead atoms. The molecular weight excluding hydrogens is 288 g/mol. The molecule has 0 saturated carbocycles. The summed E-state index contributed by atoms with van der Waals surface area (Å²) in [6, 6.07) is 17.7. The summed E-state index contributed by atoms with van der Waals surface area (Å²) in [4.78, 5) is 11.9. The zero-order valence-electron chi connectivity index (χ0n) is 13.4. The van der Waals surface area contributed by atoms with E-state index in [0.29, 0.717) is 13.0 Å². The quantitative estimate of drug-likeness (QED) is 0.666. The van der Waals surface area contributed by atoms with Gasteiger partial charge in [-0.3, -0.25) is 0 Å². The molecule has 1 aliphatic rings. The summed E-state index contributed by atoms with van der Waals surface area (Å²) in [5.74, 6) is -0.192. The van der Waals surface area contributed by atoms with Crippen LogP contribution in [0.4, 0.5) is 0 Å². The van der Waals surface area contributed by atoms with Crippen LogP contribution in [0.1, 0.15) is 26.3 Å². The molecule has 4 heteroatoms. The van der Waals surface area contributed by atoms with Crippen LogP contribution >= 0.6 is 0 Å². The van der Waals surface area contributed by atoms with Crippen molar-refractivity contribution >= 4 is 16.9 Å². The number of esters is 1. The lowest BCUT2D eigenvalue weighted by Crippen LogP contribution is -2.15. The molecule has 0 spiro atoms. The SMILES string of the molecule is CC.O=C1OCCC1n1nc(-c2ccccc2)c2ccccc21. The van der Waals surface area contributed by atoms with Crippen molar-refractivity contribution in [2.24, 2.45) is 0 Å². The van der Waals surface area contributed by atoms with E-state index in [9.17, 15) is 4.79 Å². The highest BCUT2D eigenvalue weighted by Gasteiger charge is 2.30. The maximum atomic E-state index is 11.9. The molecule has 0 amide bonds. The zero-order chi connectivity index (χ0) is 16.2. The Morgan fingerprint density at radius 3 is 2.43 bits per heavy atom. The van der Waals surface area contributed by atoms with Crippen LogP contribution in [0.15, 0.2) is 54.6 Å². The van der Waals surface area contributed by atoms with Crippen molar-refractivity contribution in [2.75, 3.05) is 6.61 Å². The number of fused-ring (bicyclic) bond motifs is 1. The lowest BCUT2D eigenvalue weighted by atomic mass is 10.1. The fourth-order valence-corrected chi connectivity index (χ4v) is 2.84. The summed E-state index contributed by atoms with van der Waals surface area (Å²) in [5.41, 5.74) is 2.94. The van der Waals surface area contributed by atoms with Crippen LogP contribution in [0.5, 0.6) is 0 Å². The first-order valence-electron chi connectivity index (χ1n) is 8.04. The van der Waals surface area contributed by atoms with Gasteiger partial charge in [0.2, 0.25) is 0 Å². The van der Waals surface area contributed by atoms with Crippen LogP contribution in [0.3, 0.4) is 0 Å². The van der Waals surface area contributed by atoms with Crippen LogP contribution in [-0.4, -0.2) is 22.4 Å². The fraction of sp³-hybridized carbons (Fsp3) is 0.263. The maximum absolute atomic E-state index is 11.9. The molecule has 4 nitrogen and oxygen atoms in total. The first-order chi connectivity index (χ1) is 11.3. The average molecular weight is 308 g/mol. The summed E-state index contributed by atoms with van der Waals surface area (Å²) in [7, 11) is 0. The molecule has 118 valence electrons. The van der Waals surface area contributed by atoms with Crippen LogP contribution in [0.2, 0.25) is 0 Å². The first kappa shape index (κ1) is 15.3. The minimum Gasteiger partial charge on any atom is -0.464 e. The Hall–Kier alpha value is -2.62. The predicted octanol–water partition coefficient (Wildman–Crippen LogP) is 4.22. The van der Waals surface area contributed by atoms with Gasteiger partial charge in [-0.15, -0.1) is 0 Å². The third-order valence-electron chi connectivity index (χ3n) is 3.86. The Labute approximate surface area is 135 Å². The number of carbonyl (C=O) groups excluding carboxylic acids is 1. The second kappa shape index (κ2) is 6.65. The first-order valence-corrected chi connectivity index (χ1v) is 8.04. The van der Waals surface area contributed by atoms with E-state index < -0.39 is 0 Å². The summed E-state index contributed by atoms with van der Waals surface area (Å²) in [6.07, 6.45) is 0.679. The van der Waals surface area contributed by atoms with Gasteiger partial charge in [0.15, 0.2) is 6.04 Å². The van der Waals surface area contributed by atoms with E-state index in [1.807, 2.05) is 73.1 Å². The number of para-hydroxylation sites is 1. The van der Waals surface area contributed by atoms with Crippen molar-refractivity contribution in [3.63, 3.8) is 0 Å². The molecule has 0 aliphatic carbocycles. The second-order valence-corrected chi connectivity index (χ2v) is 5.15. The van der Waals surface area contributed by atoms with E-state index in [1.54, 1.807) is 0 Å². The van der Waals surface area contributed by atoms with Gasteiger partial charge in [-0.05, 0) is 6.07 Å². The van der Waals surface area contributed by atoms with E-state index in [1.165, 1.54) is 0 Å². The molecule has 1 aliphatic heterocycles. The van der Waals surface area contributed by atoms with E-state index in [0.717, 1.165) is 22.2 Å². The number of carbonyl (C=O) groups is 1. The molecule has 2 heterocycles. The van der Waals surface area contributed by atoms with E-state index in [2.05, 4.69) is 0 Å². The second-order valence-electron chi connectivity index (χ2n) is 5.15. The van der Waals surface area contributed by atoms with E-state index in [4.69, 9.17) is 9.84 Å². The Kier molecular flexibility index (Phi) is 4.42. The molecule has 0 N–H and O–H groups in total. The van der Waals surface area contributed by atoms with Crippen molar-refractivity contribution in [1.29, 1.82) is 0 Å². The predicted molar refractivity (Wildman–Crippen MR) is 91.1 cm³/mol. The van der Waals surface area contributed by atoms with Gasteiger partial charge in [0.25, 0.3) is 0 Å². The Morgan fingerprint density at radius 1 is 1.04 bits per heavy atom. The molecule has 1 unspecified atom stereocenters. The Balaban J connectivity index is 0.000000753. The van der Waals surface area contributed by atoms with Crippen LogP contribution < -0.4 is 0 Å². The van der Waals surface area contributed by atoms with Crippen LogP contribution in [0.25, 0.3) is 22.2 Å². The topological polar surface area (TPSA) is 44.1 Å². The summed E-state index contributed by atoms with van der Waals surface area (Å²) in [5, 5.41) is 5.77. The number of cyclic esters (lactones) is 1. The number of ether oxygens (including phenoxy) is 1. The largest absolute Gasteiger partial charge is 0.464 e. The molecule has 1 atom stereocenters. The highest BCUT2D eigenvalue weighted by atomic mass is 16.5. The minimum atomic E-state index is -0.313. The molecule has 23 heavy (non-hydrogen) atoms. The molecule has 1 aromatic heterocycles. The van der Waals surface area contributed by atoms with Gasteiger partial charge in [0.05, 0.1) is 12.1 Å². The Morgan fingerprint density at radius 2 is 1.74 bits per heavy atom. The van der Waals surface area contributed by atoms with Gasteiger partial charge in [0.1, 0.15) is 5.69 Å². The standard InChI is InChI=1S/C17H14N2O2.C2H6/c20-17-15(10-11-21-17)19-14-9-5-4-8-13(14)16(18-19)12-6-2-1-3-7-12;1-2/h1-9,15H,10-11H2;1-2H3. The van der Waals surface area contributed by atoms with E-state index in [-0.39, 0.29) is 12.0 Å². The van der Waals surface area contributed by atoms with Gasteiger partial charge >= 0.3 is 5.97 Å². The smallest absolute Gasteiger partial charge is 0.331 e. The molecule has 1 fully saturated rings. The van der Waals surface area contributed by atoms with Crippen molar-refractivity contribution in [3.05, 3.63) is 54.6 Å². The number of aromatic nitrogens is 2. The van der Waals surface area contributed by atoms with Crippen LogP contribution in [0, 0.1) is 0 Å². The molecule has 1 saturated heterocycles. The number of nitrogens with zero attached hydrogens (tertiary/aromatic N) is 2. The monoisotopic (exact) mass is 308 g/mol. The van der Waals surface area contributed by atoms with Crippen molar-refractivity contribution in [1.82, 2.24) is 9.78 Å². The molecular formula is C19H20N2O2. The van der Waals surface area contributed by atoms with Crippen molar-refractivity contribution in [3.8, 4) is 11.3 Å². The highest BCUT2D eigenvalue weighted by molar-refractivity contribution is 5.94. The third-order valence-corrected chi connectivity index (χ3v) is 3.86. The van der Waals surface area contributed by atoms with Crippen molar-refractivity contribution in [2.45, 2.75) is 26.3 Å².